The SMILES string of the molecule is Cc1ccc(C)c(CS(=O)C(C)C(=O)Nc2ccc(Cl)cc2C(F)(F)F)c1. The molecule has 0 radical (unpaired) electrons. The van der Waals surface area contributed by atoms with E-state index in [1.807, 2.05) is 32.0 Å². The summed E-state index contributed by atoms with van der Waals surface area (Å²) in [5.41, 5.74) is 1.33. The van der Waals surface area contributed by atoms with Crippen LogP contribution in [0.5, 0.6) is 0 Å². The van der Waals surface area contributed by atoms with E-state index in [9.17, 15) is 22.2 Å². The molecule has 2 rings (SSSR count). The number of nitrogens with one attached hydrogen (secondary N) is 1. The van der Waals surface area contributed by atoms with Crippen molar-refractivity contribution in [3.05, 3.63) is 63.7 Å². The molecule has 0 heterocycles. The number of anilines is 1. The van der Waals surface area contributed by atoms with Gasteiger partial charge in [-0.25, -0.2) is 0 Å². The average molecular weight is 418 g/mol. The number of halogens is 4. The Hall–Kier alpha value is -1.86. The van der Waals surface area contributed by atoms with Crippen molar-refractivity contribution in [2.45, 2.75) is 38.0 Å². The summed E-state index contributed by atoms with van der Waals surface area (Å²) < 4.78 is 52.0. The van der Waals surface area contributed by atoms with Crippen molar-refractivity contribution < 1.29 is 22.2 Å². The summed E-state index contributed by atoms with van der Waals surface area (Å²) >= 11 is 5.63. The molecule has 2 aromatic rings. The second-order valence-corrected chi connectivity index (χ2v) is 8.47. The van der Waals surface area contributed by atoms with E-state index in [1.165, 1.54) is 13.0 Å². The third-order valence-corrected chi connectivity index (χ3v) is 5.94. The molecule has 146 valence electrons. The monoisotopic (exact) mass is 417 g/mol. The Morgan fingerprint density at radius 2 is 1.85 bits per heavy atom. The fraction of sp³-hybridized carbons (Fsp3) is 0.316. The van der Waals surface area contributed by atoms with Gasteiger partial charge in [0.15, 0.2) is 0 Å². The highest BCUT2D eigenvalue weighted by molar-refractivity contribution is 7.85. The van der Waals surface area contributed by atoms with Gasteiger partial charge in [0, 0.05) is 21.6 Å². The first kappa shape index (κ1) is 21.4. The van der Waals surface area contributed by atoms with E-state index in [-0.39, 0.29) is 10.8 Å². The zero-order valence-corrected chi connectivity index (χ0v) is 16.6. The molecule has 2 unspecified atom stereocenters. The van der Waals surface area contributed by atoms with Crippen molar-refractivity contribution in [1.82, 2.24) is 0 Å². The molecule has 0 aliphatic heterocycles. The average Bonchev–Trinajstić information content (AvgIpc) is 2.58. The molecule has 2 atom stereocenters. The van der Waals surface area contributed by atoms with Crippen LogP contribution in [0.15, 0.2) is 36.4 Å². The van der Waals surface area contributed by atoms with Crippen molar-refractivity contribution in [2.24, 2.45) is 0 Å². The predicted molar refractivity (Wildman–Crippen MR) is 102 cm³/mol. The van der Waals surface area contributed by atoms with Gasteiger partial charge in [-0.15, -0.1) is 0 Å². The number of rotatable bonds is 5. The second-order valence-electron chi connectivity index (χ2n) is 6.27. The maximum Gasteiger partial charge on any atom is 0.418 e. The van der Waals surface area contributed by atoms with E-state index in [2.05, 4.69) is 5.32 Å². The first-order valence-electron chi connectivity index (χ1n) is 8.10. The van der Waals surface area contributed by atoms with E-state index in [0.29, 0.717) is 0 Å². The second kappa shape index (κ2) is 8.44. The van der Waals surface area contributed by atoms with Crippen LogP contribution in [0.3, 0.4) is 0 Å². The number of aryl methyl sites for hydroxylation is 2. The Bertz CT molecular complexity index is 884. The summed E-state index contributed by atoms with van der Waals surface area (Å²) in [4.78, 5) is 12.4. The molecule has 2 aromatic carbocycles. The van der Waals surface area contributed by atoms with Crippen LogP contribution in [0.1, 0.15) is 29.2 Å². The number of alkyl halides is 3. The summed E-state index contributed by atoms with van der Waals surface area (Å²) in [6, 6.07) is 8.80. The van der Waals surface area contributed by atoms with Gasteiger partial charge in [-0.3, -0.25) is 9.00 Å². The van der Waals surface area contributed by atoms with Gasteiger partial charge < -0.3 is 5.32 Å². The van der Waals surface area contributed by atoms with Crippen LogP contribution < -0.4 is 5.32 Å². The molecule has 0 bridgehead atoms. The Balaban J connectivity index is 2.16. The molecule has 8 heteroatoms. The smallest absolute Gasteiger partial charge is 0.324 e. The molecular weight excluding hydrogens is 399 g/mol. The fourth-order valence-corrected chi connectivity index (χ4v) is 3.79. The van der Waals surface area contributed by atoms with Gasteiger partial charge in [-0.2, -0.15) is 13.2 Å². The van der Waals surface area contributed by atoms with Crippen LogP contribution >= 0.6 is 11.6 Å². The molecule has 0 saturated carbocycles. The summed E-state index contributed by atoms with van der Waals surface area (Å²) in [7, 11) is -1.59. The van der Waals surface area contributed by atoms with Gasteiger partial charge in [0.1, 0.15) is 5.25 Å². The largest absolute Gasteiger partial charge is 0.418 e. The fourth-order valence-electron chi connectivity index (χ4n) is 2.45. The highest BCUT2D eigenvalue weighted by atomic mass is 35.5. The van der Waals surface area contributed by atoms with Crippen molar-refractivity contribution >= 4 is 34.0 Å². The lowest BCUT2D eigenvalue weighted by Gasteiger charge is -2.17. The van der Waals surface area contributed by atoms with Crippen molar-refractivity contribution in [3.63, 3.8) is 0 Å². The minimum Gasteiger partial charge on any atom is -0.324 e. The Kier molecular flexibility index (Phi) is 6.70. The molecule has 3 nitrogen and oxygen atoms in total. The molecule has 1 N–H and O–H groups in total. The number of carbonyl (C=O) groups is 1. The topological polar surface area (TPSA) is 46.2 Å². The molecule has 0 aliphatic carbocycles. The number of amides is 1. The van der Waals surface area contributed by atoms with E-state index < -0.39 is 39.4 Å². The van der Waals surface area contributed by atoms with Gasteiger partial charge in [-0.1, -0.05) is 35.4 Å². The highest BCUT2D eigenvalue weighted by Gasteiger charge is 2.34. The third kappa shape index (κ3) is 5.56. The summed E-state index contributed by atoms with van der Waals surface area (Å²) in [6.45, 7) is 5.21. The van der Waals surface area contributed by atoms with Gasteiger partial charge in [0.05, 0.1) is 11.3 Å². The quantitative estimate of drug-likeness (QED) is 0.722. The zero-order chi connectivity index (χ0) is 20.4. The van der Waals surface area contributed by atoms with E-state index in [1.54, 1.807) is 0 Å². The van der Waals surface area contributed by atoms with Gasteiger partial charge in [-0.05, 0) is 50.1 Å². The lowest BCUT2D eigenvalue weighted by atomic mass is 10.1. The Morgan fingerprint density at radius 1 is 1.19 bits per heavy atom. The summed E-state index contributed by atoms with van der Waals surface area (Å²) in [6.07, 6.45) is -4.67. The van der Waals surface area contributed by atoms with Crippen molar-refractivity contribution in [3.8, 4) is 0 Å². The maximum atomic E-state index is 13.1. The van der Waals surface area contributed by atoms with Gasteiger partial charge >= 0.3 is 6.18 Å². The molecule has 0 aromatic heterocycles. The Labute approximate surface area is 163 Å². The van der Waals surface area contributed by atoms with Crippen LogP contribution in [-0.2, 0) is 27.5 Å². The molecule has 0 fully saturated rings. The number of carbonyl (C=O) groups excluding carboxylic acids is 1. The standard InChI is InChI=1S/C19H19ClF3NO2S/c1-11-4-5-12(2)14(8-11)10-27(26)13(3)18(25)24-17-7-6-15(20)9-16(17)19(21,22)23/h4-9,13H,10H2,1-3H3,(H,24,25). The van der Waals surface area contributed by atoms with Crippen molar-refractivity contribution in [2.75, 3.05) is 5.32 Å². The molecule has 0 spiro atoms. The first-order valence-corrected chi connectivity index (χ1v) is 9.86. The van der Waals surface area contributed by atoms with Crippen LogP contribution in [0, 0.1) is 13.8 Å². The van der Waals surface area contributed by atoms with Gasteiger partial charge in [0.2, 0.25) is 5.91 Å². The molecule has 27 heavy (non-hydrogen) atoms. The van der Waals surface area contributed by atoms with E-state index in [4.69, 9.17) is 11.6 Å². The van der Waals surface area contributed by atoms with Crippen molar-refractivity contribution in [1.29, 1.82) is 0 Å². The maximum absolute atomic E-state index is 13.1. The molecule has 1 amide bonds. The van der Waals surface area contributed by atoms with Crippen LogP contribution in [-0.4, -0.2) is 15.4 Å². The number of hydrogen-bond donors (Lipinski definition) is 1. The lowest BCUT2D eigenvalue weighted by molar-refractivity contribution is -0.137. The Morgan fingerprint density at radius 3 is 2.48 bits per heavy atom. The number of hydrogen-bond acceptors (Lipinski definition) is 2. The van der Waals surface area contributed by atoms with Crippen LogP contribution in [0.4, 0.5) is 18.9 Å². The molecule has 0 saturated heterocycles. The van der Waals surface area contributed by atoms with Crippen LogP contribution in [0.25, 0.3) is 0 Å². The summed E-state index contributed by atoms with van der Waals surface area (Å²) in [5, 5.41) is 1.15. The van der Waals surface area contributed by atoms with Crippen LogP contribution in [0.2, 0.25) is 5.02 Å². The minimum absolute atomic E-state index is 0.0909. The van der Waals surface area contributed by atoms with E-state index >= 15 is 0 Å². The highest BCUT2D eigenvalue weighted by Crippen LogP contribution is 2.36. The molecular formula is C19H19ClF3NO2S. The first-order chi connectivity index (χ1) is 12.5. The summed E-state index contributed by atoms with van der Waals surface area (Å²) in [5.74, 6) is -0.596. The minimum atomic E-state index is -4.67. The predicted octanol–water partition coefficient (Wildman–Crippen LogP) is 5.25. The number of benzene rings is 2. The van der Waals surface area contributed by atoms with Gasteiger partial charge in [0.25, 0.3) is 0 Å². The third-order valence-electron chi connectivity index (χ3n) is 4.11. The van der Waals surface area contributed by atoms with E-state index in [0.717, 1.165) is 28.8 Å². The lowest BCUT2D eigenvalue weighted by Crippen LogP contribution is -2.30. The molecule has 0 aliphatic rings. The zero-order valence-electron chi connectivity index (χ0n) is 15.0. The normalized spacial score (nSPS) is 13.9.